The summed E-state index contributed by atoms with van der Waals surface area (Å²) in [4.78, 5) is 27.6. The van der Waals surface area contributed by atoms with Gasteiger partial charge in [-0.25, -0.2) is 0 Å². The van der Waals surface area contributed by atoms with Gasteiger partial charge in [-0.15, -0.1) is 0 Å². The third-order valence-electron chi connectivity index (χ3n) is 6.35. The zero-order valence-electron chi connectivity index (χ0n) is 20.5. The van der Waals surface area contributed by atoms with E-state index in [1.165, 1.54) is 0 Å². The number of carbonyl (C=O) groups excluding carboxylic acids is 2. The highest BCUT2D eigenvalue weighted by Gasteiger charge is 2.18. The molecule has 0 saturated heterocycles. The maximum absolute atomic E-state index is 13.0. The van der Waals surface area contributed by atoms with E-state index in [9.17, 15) is 9.59 Å². The van der Waals surface area contributed by atoms with Crippen LogP contribution in [0.2, 0.25) is 10.0 Å². The number of Topliss-reactive ketones (excluding diaryl/α,β-unsaturated/α-hetero) is 1. The van der Waals surface area contributed by atoms with Crippen molar-refractivity contribution >= 4 is 45.9 Å². The molecule has 186 valence electrons. The summed E-state index contributed by atoms with van der Waals surface area (Å²) in [5.41, 5.74) is 4.82. The Morgan fingerprint density at radius 3 is 2.42 bits per heavy atom. The third-order valence-corrected chi connectivity index (χ3v) is 6.91. The number of rotatable bonds is 8. The number of hydrogen-bond acceptors (Lipinski definition) is 3. The number of nitrogens with zero attached hydrogens (tertiary/aromatic N) is 3. The highest BCUT2D eigenvalue weighted by atomic mass is 35.5. The van der Waals surface area contributed by atoms with E-state index in [-0.39, 0.29) is 23.9 Å². The number of halogens is 2. The molecular weight excluding hydrogens is 495 g/mol. The molecule has 8 heteroatoms. The first kappa shape index (κ1) is 25.7. The average molecular weight is 523 g/mol. The molecule has 0 atom stereocenters. The summed E-state index contributed by atoms with van der Waals surface area (Å²) < 4.78 is 3.48. The van der Waals surface area contributed by atoms with Crippen molar-refractivity contribution in [3.05, 3.63) is 98.6 Å². The van der Waals surface area contributed by atoms with E-state index in [4.69, 9.17) is 28.6 Å². The Morgan fingerprint density at radius 1 is 0.972 bits per heavy atom. The third kappa shape index (κ3) is 5.25. The van der Waals surface area contributed by atoms with Crippen molar-refractivity contribution in [2.24, 2.45) is 0 Å². The Hall–Kier alpha value is -3.35. The Balaban J connectivity index is 1.55. The van der Waals surface area contributed by atoms with Gasteiger partial charge in [-0.3, -0.25) is 15.0 Å². The second kappa shape index (κ2) is 10.7. The Kier molecular flexibility index (Phi) is 7.67. The summed E-state index contributed by atoms with van der Waals surface area (Å²) in [6.45, 7) is 4.91. The summed E-state index contributed by atoms with van der Waals surface area (Å²) in [5, 5.41) is 9.90. The molecule has 4 aromatic rings. The molecule has 36 heavy (non-hydrogen) atoms. The van der Waals surface area contributed by atoms with Crippen LogP contribution in [0.4, 0.5) is 0 Å². The van der Waals surface area contributed by atoms with Crippen molar-refractivity contribution in [1.29, 1.82) is 5.41 Å². The summed E-state index contributed by atoms with van der Waals surface area (Å²) in [6.07, 6.45) is 0.624. The van der Waals surface area contributed by atoms with E-state index in [0.717, 1.165) is 16.6 Å². The summed E-state index contributed by atoms with van der Waals surface area (Å²) in [6, 6.07) is 18.0. The van der Waals surface area contributed by atoms with Crippen molar-refractivity contribution in [3.8, 4) is 0 Å². The van der Waals surface area contributed by atoms with Gasteiger partial charge in [-0.1, -0.05) is 47.0 Å². The molecule has 3 aromatic carbocycles. The summed E-state index contributed by atoms with van der Waals surface area (Å²) in [7, 11) is 1.79. The van der Waals surface area contributed by atoms with Crippen LogP contribution in [-0.4, -0.2) is 39.3 Å². The second-order valence-electron chi connectivity index (χ2n) is 9.00. The number of fused-ring (bicyclic) bond motifs is 1. The van der Waals surface area contributed by atoms with E-state index in [1.807, 2.05) is 48.7 Å². The predicted molar refractivity (Wildman–Crippen MR) is 144 cm³/mol. The van der Waals surface area contributed by atoms with Crippen molar-refractivity contribution < 1.29 is 9.59 Å². The van der Waals surface area contributed by atoms with Crippen LogP contribution in [0.25, 0.3) is 11.0 Å². The monoisotopic (exact) mass is 522 g/mol. The number of aryl methyl sites for hydroxylation is 3. The smallest absolute Gasteiger partial charge is 0.253 e. The van der Waals surface area contributed by atoms with Crippen molar-refractivity contribution in [3.63, 3.8) is 0 Å². The zero-order valence-corrected chi connectivity index (χ0v) is 22.0. The number of carbonyl (C=O) groups is 2. The SMILES string of the molecule is Cc1ccc(C)c(C(=O)N(C)CCCn2c(=N)n(CC(=O)c3ccc(Cl)cc3)c3cccc(Cl)c32)c1. The fraction of sp³-hybridized carbons (Fsp3) is 0.250. The molecule has 1 heterocycles. The number of para-hydroxylation sites is 1. The highest BCUT2D eigenvalue weighted by Crippen LogP contribution is 2.23. The van der Waals surface area contributed by atoms with Crippen LogP contribution in [0.15, 0.2) is 60.7 Å². The highest BCUT2D eigenvalue weighted by molar-refractivity contribution is 6.35. The molecule has 0 fully saturated rings. The molecule has 0 spiro atoms. The lowest BCUT2D eigenvalue weighted by molar-refractivity contribution is 0.0790. The number of imidazole rings is 1. The number of benzene rings is 3. The largest absolute Gasteiger partial charge is 0.342 e. The van der Waals surface area contributed by atoms with Gasteiger partial charge in [0.15, 0.2) is 5.78 Å². The standard InChI is InChI=1S/C28H28Cl2N4O2/c1-18-8-9-19(2)22(16-18)27(36)32(3)14-5-15-33-26-23(30)6-4-7-24(26)34(28(33)31)17-25(35)20-10-12-21(29)13-11-20/h4,6-13,16,31H,5,14-15,17H2,1-3H3. The van der Waals surface area contributed by atoms with Crippen LogP contribution in [-0.2, 0) is 13.1 Å². The molecular formula is C28H28Cl2N4O2. The van der Waals surface area contributed by atoms with Gasteiger partial charge in [0.05, 0.1) is 22.6 Å². The maximum atomic E-state index is 13.0. The van der Waals surface area contributed by atoms with Crippen molar-refractivity contribution in [2.75, 3.05) is 13.6 Å². The Morgan fingerprint density at radius 2 is 1.69 bits per heavy atom. The average Bonchev–Trinajstić information content (AvgIpc) is 3.12. The minimum atomic E-state index is -0.122. The quantitative estimate of drug-likeness (QED) is 0.293. The normalized spacial score (nSPS) is 11.1. The molecule has 0 aliphatic carbocycles. The van der Waals surface area contributed by atoms with Crippen molar-refractivity contribution in [2.45, 2.75) is 33.4 Å². The molecule has 0 radical (unpaired) electrons. The lowest BCUT2D eigenvalue weighted by Crippen LogP contribution is -2.31. The van der Waals surface area contributed by atoms with Gasteiger partial charge < -0.3 is 14.0 Å². The molecule has 0 aliphatic heterocycles. The minimum Gasteiger partial charge on any atom is -0.342 e. The van der Waals surface area contributed by atoms with E-state index in [0.29, 0.717) is 46.2 Å². The van der Waals surface area contributed by atoms with Crippen LogP contribution in [0.1, 0.15) is 38.3 Å². The van der Waals surface area contributed by atoms with E-state index >= 15 is 0 Å². The fourth-order valence-electron chi connectivity index (χ4n) is 4.34. The molecule has 6 nitrogen and oxygen atoms in total. The minimum absolute atomic E-state index is 0.00926. The first-order valence-electron chi connectivity index (χ1n) is 11.7. The number of ketones is 1. The van der Waals surface area contributed by atoms with Crippen LogP contribution in [0.3, 0.4) is 0 Å². The number of hydrogen-bond donors (Lipinski definition) is 1. The lowest BCUT2D eigenvalue weighted by atomic mass is 10.0. The predicted octanol–water partition coefficient (Wildman–Crippen LogP) is 5.89. The van der Waals surface area contributed by atoms with Crippen LogP contribution < -0.4 is 5.62 Å². The molecule has 0 aliphatic rings. The molecule has 4 rings (SSSR count). The van der Waals surface area contributed by atoms with Crippen LogP contribution >= 0.6 is 23.2 Å². The summed E-state index contributed by atoms with van der Waals surface area (Å²) in [5.74, 6) is -0.149. The number of amides is 1. The molecule has 1 N–H and O–H groups in total. The second-order valence-corrected chi connectivity index (χ2v) is 9.84. The maximum Gasteiger partial charge on any atom is 0.253 e. The molecule has 0 bridgehead atoms. The molecule has 1 aromatic heterocycles. The van der Waals surface area contributed by atoms with E-state index < -0.39 is 0 Å². The van der Waals surface area contributed by atoms with Gasteiger partial charge in [0.2, 0.25) is 5.62 Å². The van der Waals surface area contributed by atoms with Gasteiger partial charge in [-0.05, 0) is 68.3 Å². The molecule has 1 amide bonds. The topological polar surface area (TPSA) is 71.1 Å². The number of nitrogens with one attached hydrogen (secondary N) is 1. The van der Waals surface area contributed by atoms with Gasteiger partial charge in [0, 0.05) is 36.3 Å². The molecule has 0 unspecified atom stereocenters. The lowest BCUT2D eigenvalue weighted by Gasteiger charge is -2.19. The Bertz CT molecular complexity index is 1500. The molecule has 0 saturated carbocycles. The van der Waals surface area contributed by atoms with Gasteiger partial charge >= 0.3 is 0 Å². The van der Waals surface area contributed by atoms with E-state index in [1.54, 1.807) is 46.8 Å². The fourth-order valence-corrected chi connectivity index (χ4v) is 4.74. The first-order valence-corrected chi connectivity index (χ1v) is 12.5. The zero-order chi connectivity index (χ0) is 26.0. The van der Waals surface area contributed by atoms with Crippen LogP contribution in [0, 0.1) is 19.3 Å². The van der Waals surface area contributed by atoms with Crippen molar-refractivity contribution in [1.82, 2.24) is 14.0 Å². The summed E-state index contributed by atoms with van der Waals surface area (Å²) >= 11 is 12.5. The van der Waals surface area contributed by atoms with Gasteiger partial charge in [0.25, 0.3) is 5.91 Å². The number of aromatic nitrogens is 2. The van der Waals surface area contributed by atoms with Crippen LogP contribution in [0.5, 0.6) is 0 Å². The Labute approximate surface area is 220 Å². The van der Waals surface area contributed by atoms with Gasteiger partial charge in [-0.2, -0.15) is 0 Å². The van der Waals surface area contributed by atoms with E-state index in [2.05, 4.69) is 0 Å². The first-order chi connectivity index (χ1) is 17.2. The van der Waals surface area contributed by atoms with Gasteiger partial charge in [0.1, 0.15) is 0 Å².